The molecule has 30 heavy (non-hydrogen) atoms. The largest absolute Gasteiger partial charge is 0.456 e. The second kappa shape index (κ2) is 9.24. The molecule has 0 bridgehead atoms. The summed E-state index contributed by atoms with van der Waals surface area (Å²) in [5.41, 5.74) is 2.36. The smallest absolute Gasteiger partial charge is 0.328 e. The number of hydrogen-bond donors (Lipinski definition) is 1. The predicted octanol–water partition coefficient (Wildman–Crippen LogP) is 3.57. The molecular weight excluding hydrogens is 387 g/mol. The van der Waals surface area contributed by atoms with Crippen LogP contribution in [0.4, 0.5) is 4.39 Å². The minimum absolute atomic E-state index is 0.275. The molecule has 0 fully saturated rings. The lowest BCUT2D eigenvalue weighted by molar-refractivity contribution is -0.147. The van der Waals surface area contributed by atoms with E-state index in [2.05, 4.69) is 5.32 Å². The van der Waals surface area contributed by atoms with Crippen molar-refractivity contribution in [3.8, 4) is 0 Å². The zero-order valence-electron chi connectivity index (χ0n) is 18.3. The van der Waals surface area contributed by atoms with Crippen LogP contribution in [-0.4, -0.2) is 34.9 Å². The number of amides is 1. The number of benzene rings is 1. The van der Waals surface area contributed by atoms with E-state index in [0.717, 1.165) is 17.0 Å². The molecule has 0 saturated heterocycles. The van der Waals surface area contributed by atoms with Gasteiger partial charge in [-0.1, -0.05) is 32.9 Å². The number of nitrogens with one attached hydrogen (secondary N) is 1. The lowest BCUT2D eigenvalue weighted by Gasteiger charge is -2.20. The molecule has 0 spiro atoms. The minimum Gasteiger partial charge on any atom is -0.456 e. The fraction of sp³-hybridized carbons (Fsp3) is 0.435. The summed E-state index contributed by atoms with van der Waals surface area (Å²) in [6.07, 6.45) is 0. The first-order valence-electron chi connectivity index (χ1n) is 9.82. The van der Waals surface area contributed by atoms with E-state index in [1.54, 1.807) is 39.0 Å². The maximum atomic E-state index is 13.1. The van der Waals surface area contributed by atoms with Gasteiger partial charge < -0.3 is 14.6 Å². The third-order valence-electron chi connectivity index (χ3n) is 4.86. The minimum atomic E-state index is -0.851. The molecule has 2 rings (SSSR count). The Morgan fingerprint density at radius 1 is 1.13 bits per heavy atom. The third-order valence-corrected chi connectivity index (χ3v) is 4.86. The molecule has 1 unspecified atom stereocenters. The summed E-state index contributed by atoms with van der Waals surface area (Å²) in [5, 5.41) is 2.58. The van der Waals surface area contributed by atoms with E-state index in [1.165, 1.54) is 19.1 Å². The van der Waals surface area contributed by atoms with Gasteiger partial charge in [-0.2, -0.15) is 0 Å². The molecule has 0 aliphatic rings. The van der Waals surface area contributed by atoms with Crippen molar-refractivity contribution < 1.29 is 23.5 Å². The Labute approximate surface area is 176 Å². The SMILES string of the molecule is Cc1cc(C(=O)COC(=O)C(C)NC(=O)C(C)(C)C)c(C)n1Cc1ccc(F)cc1. The van der Waals surface area contributed by atoms with Crippen molar-refractivity contribution in [2.24, 2.45) is 5.41 Å². The van der Waals surface area contributed by atoms with Crippen molar-refractivity contribution >= 4 is 17.7 Å². The molecule has 2 aromatic rings. The number of nitrogens with zero attached hydrogens (tertiary/aromatic N) is 1. The lowest BCUT2D eigenvalue weighted by atomic mass is 9.95. The van der Waals surface area contributed by atoms with Crippen LogP contribution in [0.5, 0.6) is 0 Å². The number of rotatable bonds is 7. The number of carbonyl (C=O) groups is 3. The highest BCUT2D eigenvalue weighted by Gasteiger charge is 2.26. The highest BCUT2D eigenvalue weighted by atomic mass is 19.1. The molecular formula is C23H29FN2O4. The van der Waals surface area contributed by atoms with E-state index in [-0.39, 0.29) is 17.5 Å². The first kappa shape index (κ1) is 23.3. The molecule has 1 heterocycles. The summed E-state index contributed by atoms with van der Waals surface area (Å²) in [6.45, 7) is 10.5. The molecule has 0 radical (unpaired) electrons. The van der Waals surface area contributed by atoms with E-state index in [0.29, 0.717) is 12.1 Å². The van der Waals surface area contributed by atoms with Gasteiger partial charge in [0.1, 0.15) is 11.9 Å². The summed E-state index contributed by atoms with van der Waals surface area (Å²) < 4.78 is 20.2. The molecule has 7 heteroatoms. The maximum absolute atomic E-state index is 13.1. The van der Waals surface area contributed by atoms with Gasteiger partial charge in [-0.3, -0.25) is 9.59 Å². The summed E-state index contributed by atoms with van der Waals surface area (Å²) in [6, 6.07) is 7.09. The molecule has 1 aromatic heterocycles. The number of ether oxygens (including phenoxy) is 1. The number of Topliss-reactive ketones (excluding diaryl/α,β-unsaturated/α-hetero) is 1. The zero-order chi connectivity index (χ0) is 22.6. The van der Waals surface area contributed by atoms with E-state index >= 15 is 0 Å². The fourth-order valence-corrected chi connectivity index (χ4v) is 2.91. The highest BCUT2D eigenvalue weighted by Crippen LogP contribution is 2.18. The van der Waals surface area contributed by atoms with Crippen molar-refractivity contribution in [2.45, 2.75) is 54.1 Å². The number of esters is 1. The topological polar surface area (TPSA) is 77.4 Å². The number of aromatic nitrogens is 1. The molecule has 6 nitrogen and oxygen atoms in total. The number of halogens is 1. The van der Waals surface area contributed by atoms with Gasteiger partial charge in [0.25, 0.3) is 0 Å². The third kappa shape index (κ3) is 5.78. The standard InChI is InChI=1S/C23H29FN2O4/c1-14-11-19(16(3)26(14)12-17-7-9-18(24)10-8-17)20(27)13-30-21(28)15(2)25-22(29)23(4,5)6/h7-11,15H,12-13H2,1-6H3,(H,25,29). The molecule has 1 atom stereocenters. The molecule has 1 aromatic carbocycles. The van der Waals surface area contributed by atoms with Gasteiger partial charge in [-0.25, -0.2) is 9.18 Å². The Morgan fingerprint density at radius 2 is 1.73 bits per heavy atom. The predicted molar refractivity (Wildman–Crippen MR) is 112 cm³/mol. The summed E-state index contributed by atoms with van der Waals surface area (Å²) >= 11 is 0. The van der Waals surface area contributed by atoms with Crippen LogP contribution in [0.3, 0.4) is 0 Å². The molecule has 0 aliphatic carbocycles. The van der Waals surface area contributed by atoms with E-state index in [9.17, 15) is 18.8 Å². The van der Waals surface area contributed by atoms with Gasteiger partial charge in [-0.05, 0) is 44.5 Å². The van der Waals surface area contributed by atoms with Gasteiger partial charge in [0.15, 0.2) is 6.61 Å². The number of ketones is 1. The van der Waals surface area contributed by atoms with Gasteiger partial charge in [0.2, 0.25) is 11.7 Å². The van der Waals surface area contributed by atoms with Crippen molar-refractivity contribution in [3.63, 3.8) is 0 Å². The Morgan fingerprint density at radius 3 is 2.30 bits per heavy atom. The lowest BCUT2D eigenvalue weighted by Crippen LogP contribution is -2.45. The quantitative estimate of drug-likeness (QED) is 0.553. The van der Waals surface area contributed by atoms with Crippen molar-refractivity contribution in [1.29, 1.82) is 0 Å². The summed E-state index contributed by atoms with van der Waals surface area (Å²) in [7, 11) is 0. The Bertz CT molecular complexity index is 939. The number of aryl methyl sites for hydroxylation is 1. The zero-order valence-corrected chi connectivity index (χ0v) is 18.3. The van der Waals surface area contributed by atoms with Crippen LogP contribution in [0.15, 0.2) is 30.3 Å². The van der Waals surface area contributed by atoms with Crippen molar-refractivity contribution in [2.75, 3.05) is 6.61 Å². The number of carbonyl (C=O) groups excluding carboxylic acids is 3. The highest BCUT2D eigenvalue weighted by molar-refractivity contribution is 5.99. The first-order valence-corrected chi connectivity index (χ1v) is 9.82. The average Bonchev–Trinajstić information content (AvgIpc) is 2.94. The van der Waals surface area contributed by atoms with Gasteiger partial charge in [0, 0.05) is 28.9 Å². The summed E-state index contributed by atoms with van der Waals surface area (Å²) in [4.78, 5) is 36.7. The molecule has 0 saturated carbocycles. The average molecular weight is 416 g/mol. The van der Waals surface area contributed by atoms with E-state index in [4.69, 9.17) is 4.74 Å². The van der Waals surface area contributed by atoms with Crippen LogP contribution in [0, 0.1) is 25.1 Å². The second-order valence-electron chi connectivity index (χ2n) is 8.47. The number of hydrogen-bond acceptors (Lipinski definition) is 4. The Kier molecular flexibility index (Phi) is 7.18. The Hall–Kier alpha value is -2.96. The van der Waals surface area contributed by atoms with Crippen LogP contribution in [0.2, 0.25) is 0 Å². The monoisotopic (exact) mass is 416 g/mol. The van der Waals surface area contributed by atoms with Crippen LogP contribution in [-0.2, 0) is 20.9 Å². The van der Waals surface area contributed by atoms with Crippen LogP contribution >= 0.6 is 0 Å². The van der Waals surface area contributed by atoms with Gasteiger partial charge in [0.05, 0.1) is 0 Å². The normalized spacial score (nSPS) is 12.4. The van der Waals surface area contributed by atoms with Gasteiger partial charge in [-0.15, -0.1) is 0 Å². The maximum Gasteiger partial charge on any atom is 0.328 e. The molecule has 1 N–H and O–H groups in total. The fourth-order valence-electron chi connectivity index (χ4n) is 2.91. The van der Waals surface area contributed by atoms with E-state index in [1.807, 2.05) is 18.4 Å². The first-order chi connectivity index (χ1) is 13.9. The van der Waals surface area contributed by atoms with E-state index < -0.39 is 24.0 Å². The Balaban J connectivity index is 2.01. The second-order valence-corrected chi connectivity index (χ2v) is 8.47. The van der Waals surface area contributed by atoms with Crippen LogP contribution in [0.25, 0.3) is 0 Å². The van der Waals surface area contributed by atoms with Crippen molar-refractivity contribution in [3.05, 3.63) is 58.7 Å². The van der Waals surface area contributed by atoms with Crippen LogP contribution < -0.4 is 5.32 Å². The van der Waals surface area contributed by atoms with Gasteiger partial charge >= 0.3 is 5.97 Å². The van der Waals surface area contributed by atoms with Crippen molar-refractivity contribution in [1.82, 2.24) is 9.88 Å². The molecule has 0 aliphatic heterocycles. The molecule has 1 amide bonds. The van der Waals surface area contributed by atoms with Crippen LogP contribution in [0.1, 0.15) is 55.0 Å². The summed E-state index contributed by atoms with van der Waals surface area (Å²) in [5.74, 6) is -1.56. The molecule has 162 valence electrons.